The van der Waals surface area contributed by atoms with Crippen LogP contribution in [0, 0.1) is 5.92 Å². The van der Waals surface area contributed by atoms with Crippen molar-refractivity contribution in [3.63, 3.8) is 0 Å². The maximum Gasteiger partial charge on any atom is 0.315 e. The maximum absolute atomic E-state index is 11.9. The number of nitrogens with zero attached hydrogens (tertiary/aromatic N) is 1. The van der Waals surface area contributed by atoms with Crippen LogP contribution < -0.4 is 16.0 Å². The van der Waals surface area contributed by atoms with Crippen LogP contribution in [0.5, 0.6) is 0 Å². The van der Waals surface area contributed by atoms with E-state index in [1.165, 1.54) is 0 Å². The molecule has 3 N–H and O–H groups in total. The molecule has 2 rings (SSSR count). The number of para-hydroxylation sites is 1. The molecule has 1 aromatic rings. The first-order chi connectivity index (χ1) is 12.0. The lowest BCUT2D eigenvalue weighted by Gasteiger charge is -2.31. The first-order valence-electron chi connectivity index (χ1n) is 9.13. The number of piperidine rings is 1. The molecule has 1 heterocycles. The van der Waals surface area contributed by atoms with Gasteiger partial charge in [-0.1, -0.05) is 18.2 Å². The summed E-state index contributed by atoms with van der Waals surface area (Å²) in [6.45, 7) is 6.64. The molecule has 1 saturated heterocycles. The molecular weight excluding hydrogens is 316 g/mol. The Morgan fingerprint density at radius 2 is 1.88 bits per heavy atom. The first-order valence-corrected chi connectivity index (χ1v) is 9.13. The van der Waals surface area contributed by atoms with Gasteiger partial charge in [0.05, 0.1) is 0 Å². The number of amides is 3. The van der Waals surface area contributed by atoms with Gasteiger partial charge < -0.3 is 20.9 Å². The number of hydrogen-bond donors (Lipinski definition) is 3. The zero-order chi connectivity index (χ0) is 18.1. The highest BCUT2D eigenvalue weighted by Crippen LogP contribution is 2.19. The van der Waals surface area contributed by atoms with E-state index < -0.39 is 0 Å². The van der Waals surface area contributed by atoms with Crippen LogP contribution in [0.1, 0.15) is 33.1 Å². The molecule has 1 aromatic carbocycles. The fraction of sp³-hybridized carbons (Fsp3) is 0.579. The van der Waals surface area contributed by atoms with Crippen LogP contribution in [0.3, 0.4) is 0 Å². The Kier molecular flexibility index (Phi) is 7.57. The highest BCUT2D eigenvalue weighted by molar-refractivity contribution is 5.74. The predicted octanol–water partition coefficient (Wildman–Crippen LogP) is 2.43. The second-order valence-corrected chi connectivity index (χ2v) is 6.79. The van der Waals surface area contributed by atoms with Gasteiger partial charge in [-0.2, -0.15) is 0 Å². The molecule has 3 amide bonds. The summed E-state index contributed by atoms with van der Waals surface area (Å²) in [4.78, 5) is 25.2. The summed E-state index contributed by atoms with van der Waals surface area (Å²) in [5.41, 5.74) is 1.05. The lowest BCUT2D eigenvalue weighted by atomic mass is 9.93. The normalized spacial score (nSPS) is 16.2. The first kappa shape index (κ1) is 19.1. The number of rotatable bonds is 7. The van der Waals surface area contributed by atoms with Gasteiger partial charge in [-0.05, 0) is 44.2 Å². The van der Waals surface area contributed by atoms with Crippen molar-refractivity contribution in [1.82, 2.24) is 15.5 Å². The van der Waals surface area contributed by atoms with Gasteiger partial charge in [0.1, 0.15) is 0 Å². The number of urea groups is 1. The fourth-order valence-electron chi connectivity index (χ4n) is 3.08. The molecule has 25 heavy (non-hydrogen) atoms. The van der Waals surface area contributed by atoms with Gasteiger partial charge in [0.2, 0.25) is 5.91 Å². The quantitative estimate of drug-likeness (QED) is 0.710. The van der Waals surface area contributed by atoms with Gasteiger partial charge in [0.15, 0.2) is 0 Å². The molecule has 1 atom stereocenters. The summed E-state index contributed by atoms with van der Waals surface area (Å²) < 4.78 is 0. The Balaban J connectivity index is 1.55. The molecule has 0 aliphatic carbocycles. The van der Waals surface area contributed by atoms with Crippen LogP contribution >= 0.6 is 0 Å². The van der Waals surface area contributed by atoms with Crippen LogP contribution in [0.4, 0.5) is 10.5 Å². The van der Waals surface area contributed by atoms with Gasteiger partial charge in [-0.25, -0.2) is 4.79 Å². The Bertz CT molecular complexity index is 542. The van der Waals surface area contributed by atoms with E-state index in [-0.39, 0.29) is 18.0 Å². The lowest BCUT2D eigenvalue weighted by molar-refractivity contribution is -0.130. The van der Waals surface area contributed by atoms with E-state index in [2.05, 4.69) is 16.0 Å². The minimum Gasteiger partial charge on any atom is -0.383 e. The molecule has 0 saturated carbocycles. The van der Waals surface area contributed by atoms with Crippen molar-refractivity contribution >= 4 is 17.6 Å². The summed E-state index contributed by atoms with van der Waals surface area (Å²) in [7, 11) is 0. The number of nitrogens with one attached hydrogen (secondary N) is 3. The Hall–Kier alpha value is -2.24. The fourth-order valence-corrected chi connectivity index (χ4v) is 3.08. The van der Waals surface area contributed by atoms with Crippen LogP contribution in [0.25, 0.3) is 0 Å². The third-order valence-corrected chi connectivity index (χ3v) is 4.66. The van der Waals surface area contributed by atoms with E-state index in [1.54, 1.807) is 6.92 Å². The standard InChI is InChI=1S/C19H30N4O2/c1-15(14-21-18-6-4-3-5-7-18)22-19(25)20-11-8-17-9-12-23(13-10-17)16(2)24/h3-7,15,17,21H,8-14H2,1-2H3,(H2,20,22,25)/t15-/m0/s1. The summed E-state index contributed by atoms with van der Waals surface area (Å²) in [5.74, 6) is 0.752. The third-order valence-electron chi connectivity index (χ3n) is 4.66. The van der Waals surface area contributed by atoms with Gasteiger partial charge in [-0.15, -0.1) is 0 Å². The molecule has 0 radical (unpaired) electrons. The number of anilines is 1. The van der Waals surface area contributed by atoms with Crippen LogP contribution in [-0.2, 0) is 4.79 Å². The molecule has 1 fully saturated rings. The van der Waals surface area contributed by atoms with Gasteiger partial charge in [0, 0.05) is 44.8 Å². The molecule has 0 aromatic heterocycles. The molecule has 1 aliphatic rings. The molecule has 6 nitrogen and oxygen atoms in total. The predicted molar refractivity (Wildman–Crippen MR) is 101 cm³/mol. The number of likely N-dealkylation sites (tertiary alicyclic amines) is 1. The van der Waals surface area contributed by atoms with Crippen molar-refractivity contribution in [2.45, 2.75) is 39.2 Å². The van der Waals surface area contributed by atoms with Crippen molar-refractivity contribution in [2.24, 2.45) is 5.92 Å². The largest absolute Gasteiger partial charge is 0.383 e. The highest BCUT2D eigenvalue weighted by Gasteiger charge is 2.20. The maximum atomic E-state index is 11.9. The second kappa shape index (κ2) is 9.91. The molecule has 0 unspecified atom stereocenters. The summed E-state index contributed by atoms with van der Waals surface area (Å²) in [6, 6.07) is 9.86. The number of carbonyl (C=O) groups excluding carboxylic acids is 2. The van der Waals surface area contributed by atoms with Crippen molar-refractivity contribution in [3.8, 4) is 0 Å². The van der Waals surface area contributed by atoms with Crippen molar-refractivity contribution in [3.05, 3.63) is 30.3 Å². The molecule has 6 heteroatoms. The SMILES string of the molecule is CC(=O)N1CCC(CCNC(=O)N[C@@H](C)CNc2ccccc2)CC1. The van der Waals surface area contributed by atoms with Gasteiger partial charge in [-0.3, -0.25) is 4.79 Å². The minimum absolute atomic E-state index is 0.0408. The Morgan fingerprint density at radius 1 is 1.20 bits per heavy atom. The average molecular weight is 346 g/mol. The highest BCUT2D eigenvalue weighted by atomic mass is 16.2. The minimum atomic E-state index is -0.122. The van der Waals surface area contributed by atoms with Crippen LogP contribution in [0.2, 0.25) is 0 Å². The number of benzene rings is 1. The average Bonchev–Trinajstić information content (AvgIpc) is 2.61. The van der Waals surface area contributed by atoms with Crippen LogP contribution in [0.15, 0.2) is 30.3 Å². The zero-order valence-electron chi connectivity index (χ0n) is 15.3. The van der Waals surface area contributed by atoms with E-state index in [4.69, 9.17) is 0 Å². The second-order valence-electron chi connectivity index (χ2n) is 6.79. The van der Waals surface area contributed by atoms with Gasteiger partial charge >= 0.3 is 6.03 Å². The summed E-state index contributed by atoms with van der Waals surface area (Å²) in [5, 5.41) is 9.18. The molecule has 138 valence electrons. The van der Waals surface area contributed by atoms with E-state index in [1.807, 2.05) is 42.2 Å². The van der Waals surface area contributed by atoms with E-state index >= 15 is 0 Å². The van der Waals surface area contributed by atoms with Crippen molar-refractivity contribution in [1.29, 1.82) is 0 Å². The third kappa shape index (κ3) is 7.03. The topological polar surface area (TPSA) is 73.5 Å². The van der Waals surface area contributed by atoms with E-state index in [0.717, 1.165) is 38.0 Å². The van der Waals surface area contributed by atoms with Crippen LogP contribution in [-0.4, -0.2) is 49.1 Å². The van der Waals surface area contributed by atoms with Gasteiger partial charge in [0.25, 0.3) is 0 Å². The Morgan fingerprint density at radius 3 is 2.52 bits per heavy atom. The smallest absolute Gasteiger partial charge is 0.315 e. The van der Waals surface area contributed by atoms with Crippen molar-refractivity contribution < 1.29 is 9.59 Å². The molecular formula is C19H30N4O2. The summed E-state index contributed by atoms with van der Waals surface area (Å²) in [6.07, 6.45) is 3.02. The zero-order valence-corrected chi connectivity index (χ0v) is 15.3. The molecule has 1 aliphatic heterocycles. The van der Waals surface area contributed by atoms with E-state index in [0.29, 0.717) is 19.0 Å². The molecule has 0 bridgehead atoms. The molecule has 0 spiro atoms. The van der Waals surface area contributed by atoms with Crippen molar-refractivity contribution in [2.75, 3.05) is 31.5 Å². The lowest BCUT2D eigenvalue weighted by Crippen LogP contribution is -2.44. The summed E-state index contributed by atoms with van der Waals surface area (Å²) >= 11 is 0. The monoisotopic (exact) mass is 346 g/mol. The number of carbonyl (C=O) groups is 2. The Labute approximate surface area is 150 Å². The number of hydrogen-bond acceptors (Lipinski definition) is 3. The van der Waals surface area contributed by atoms with E-state index in [9.17, 15) is 9.59 Å².